The van der Waals surface area contributed by atoms with E-state index >= 15 is 0 Å². The number of nitrogens with zero attached hydrogens (tertiary/aromatic N) is 1. The highest BCUT2D eigenvalue weighted by atomic mass is 127. The fourth-order valence-electron chi connectivity index (χ4n) is 1.62. The van der Waals surface area contributed by atoms with Crippen molar-refractivity contribution < 1.29 is 9.18 Å². The largest absolute Gasteiger partial charge is 0.397 e. The number of hydrogen-bond donors (Lipinski definition) is 2. The van der Waals surface area contributed by atoms with Gasteiger partial charge in [-0.05, 0) is 42.5 Å². The molecule has 0 saturated carbocycles. The summed E-state index contributed by atoms with van der Waals surface area (Å²) in [4.78, 5) is 13.3. The lowest BCUT2D eigenvalue weighted by molar-refractivity contribution is -0.119. The predicted octanol–water partition coefficient (Wildman–Crippen LogP) is 1.97. The van der Waals surface area contributed by atoms with Gasteiger partial charge in [-0.1, -0.05) is 0 Å². The number of halogens is 2. The minimum Gasteiger partial charge on any atom is -0.397 e. The molecule has 0 radical (unpaired) electrons. The first-order valence-corrected chi connectivity index (χ1v) is 6.83. The Morgan fingerprint density at radius 3 is 2.72 bits per heavy atom. The van der Waals surface area contributed by atoms with E-state index < -0.39 is 0 Å². The van der Waals surface area contributed by atoms with E-state index in [1.807, 2.05) is 36.4 Å². The first-order chi connectivity index (χ1) is 8.49. The molecule has 1 aromatic rings. The van der Waals surface area contributed by atoms with Crippen LogP contribution in [0, 0.1) is 9.39 Å². The van der Waals surface area contributed by atoms with Gasteiger partial charge in [-0.3, -0.25) is 4.79 Å². The quantitative estimate of drug-likeness (QED) is 0.620. The third kappa shape index (κ3) is 3.72. The number of benzene rings is 1. The minimum atomic E-state index is -0.325. The highest BCUT2D eigenvalue weighted by Gasteiger charge is 2.14. The average molecular weight is 365 g/mol. The SMILES string of the molecule is CCNC(=O)CN(CC)c1cc(F)c(I)cc1N. The number of carbonyl (C=O) groups is 1. The fraction of sp³-hybridized carbons (Fsp3) is 0.417. The van der Waals surface area contributed by atoms with Crippen molar-refractivity contribution in [3.63, 3.8) is 0 Å². The van der Waals surface area contributed by atoms with Crippen molar-refractivity contribution >= 4 is 39.9 Å². The molecular weight excluding hydrogens is 348 g/mol. The number of nitrogens with two attached hydrogens (primary N) is 1. The van der Waals surface area contributed by atoms with Gasteiger partial charge in [0.15, 0.2) is 0 Å². The molecule has 1 aromatic carbocycles. The first-order valence-electron chi connectivity index (χ1n) is 5.75. The van der Waals surface area contributed by atoms with Gasteiger partial charge in [0.1, 0.15) is 5.82 Å². The van der Waals surface area contributed by atoms with E-state index in [4.69, 9.17) is 5.73 Å². The Morgan fingerprint density at radius 2 is 2.17 bits per heavy atom. The summed E-state index contributed by atoms with van der Waals surface area (Å²) in [6.45, 7) is 5.09. The summed E-state index contributed by atoms with van der Waals surface area (Å²) in [6.07, 6.45) is 0. The molecule has 0 aliphatic heterocycles. The molecule has 1 amide bonds. The Bertz CT molecular complexity index is 440. The summed E-state index contributed by atoms with van der Waals surface area (Å²) in [5.41, 5.74) is 6.91. The zero-order chi connectivity index (χ0) is 13.7. The molecule has 0 unspecified atom stereocenters. The van der Waals surface area contributed by atoms with Crippen molar-refractivity contribution in [3.8, 4) is 0 Å². The zero-order valence-corrected chi connectivity index (χ0v) is 12.6. The molecule has 6 heteroatoms. The molecule has 18 heavy (non-hydrogen) atoms. The second-order valence-electron chi connectivity index (χ2n) is 3.79. The van der Waals surface area contributed by atoms with Crippen LogP contribution in [0.2, 0.25) is 0 Å². The van der Waals surface area contributed by atoms with Crippen molar-refractivity contribution in [2.24, 2.45) is 0 Å². The molecule has 1 rings (SSSR count). The highest BCUT2D eigenvalue weighted by Crippen LogP contribution is 2.27. The lowest BCUT2D eigenvalue weighted by Gasteiger charge is -2.24. The Kier molecular flexibility index (Phi) is 5.64. The molecule has 0 bridgehead atoms. The number of nitrogens with one attached hydrogen (secondary N) is 1. The maximum atomic E-state index is 13.6. The predicted molar refractivity (Wildman–Crippen MR) is 80.1 cm³/mol. The summed E-state index contributed by atoms with van der Waals surface area (Å²) in [6, 6.07) is 2.95. The van der Waals surface area contributed by atoms with Gasteiger partial charge in [0, 0.05) is 19.2 Å². The monoisotopic (exact) mass is 365 g/mol. The molecule has 100 valence electrons. The average Bonchev–Trinajstić information content (AvgIpc) is 2.31. The van der Waals surface area contributed by atoms with Crippen LogP contribution in [0.3, 0.4) is 0 Å². The second-order valence-corrected chi connectivity index (χ2v) is 4.96. The van der Waals surface area contributed by atoms with Crippen LogP contribution in [-0.4, -0.2) is 25.5 Å². The van der Waals surface area contributed by atoms with Crippen molar-refractivity contribution in [1.29, 1.82) is 0 Å². The van der Waals surface area contributed by atoms with E-state index in [-0.39, 0.29) is 18.3 Å². The Balaban J connectivity index is 2.95. The lowest BCUT2D eigenvalue weighted by atomic mass is 10.2. The molecule has 0 fully saturated rings. The molecule has 4 nitrogen and oxygen atoms in total. The van der Waals surface area contributed by atoms with Crippen molar-refractivity contribution in [1.82, 2.24) is 5.32 Å². The lowest BCUT2D eigenvalue weighted by Crippen LogP contribution is -2.37. The third-order valence-corrected chi connectivity index (χ3v) is 3.33. The van der Waals surface area contributed by atoms with Crippen LogP contribution in [0.1, 0.15) is 13.8 Å². The molecule has 3 N–H and O–H groups in total. The van der Waals surface area contributed by atoms with Gasteiger partial charge in [0.25, 0.3) is 0 Å². The summed E-state index contributed by atoms with van der Waals surface area (Å²) in [5, 5.41) is 2.71. The second kappa shape index (κ2) is 6.77. The summed E-state index contributed by atoms with van der Waals surface area (Å²) >= 11 is 1.89. The van der Waals surface area contributed by atoms with E-state index in [2.05, 4.69) is 5.32 Å². The van der Waals surface area contributed by atoms with Crippen LogP contribution in [0.25, 0.3) is 0 Å². The van der Waals surface area contributed by atoms with Crippen LogP contribution in [0.15, 0.2) is 12.1 Å². The van der Waals surface area contributed by atoms with Crippen molar-refractivity contribution in [2.45, 2.75) is 13.8 Å². The molecule has 0 atom stereocenters. The number of amides is 1. The van der Waals surface area contributed by atoms with Crippen molar-refractivity contribution in [3.05, 3.63) is 21.5 Å². The standard InChI is InChI=1S/C12H17FIN3O/c1-3-16-12(18)7-17(4-2)11-5-8(13)9(14)6-10(11)15/h5-6H,3-4,7,15H2,1-2H3,(H,16,18). The van der Waals surface area contributed by atoms with Crippen LogP contribution in [0.5, 0.6) is 0 Å². The van der Waals surface area contributed by atoms with Gasteiger partial charge in [0.05, 0.1) is 21.5 Å². The number of rotatable bonds is 5. The summed E-state index contributed by atoms with van der Waals surface area (Å²) in [5.74, 6) is -0.424. The molecule has 0 aliphatic carbocycles. The van der Waals surface area contributed by atoms with Crippen LogP contribution >= 0.6 is 22.6 Å². The maximum absolute atomic E-state index is 13.6. The molecular formula is C12H17FIN3O. The highest BCUT2D eigenvalue weighted by molar-refractivity contribution is 14.1. The minimum absolute atomic E-state index is 0.0993. The smallest absolute Gasteiger partial charge is 0.239 e. The number of nitrogen functional groups attached to an aromatic ring is 1. The molecule has 0 aromatic heterocycles. The first kappa shape index (κ1) is 15.0. The molecule has 0 aliphatic rings. The van der Waals surface area contributed by atoms with Crippen molar-refractivity contribution in [2.75, 3.05) is 30.3 Å². The Hall–Kier alpha value is -1.05. The molecule has 0 heterocycles. The van der Waals surface area contributed by atoms with Gasteiger partial charge in [-0.15, -0.1) is 0 Å². The number of likely N-dealkylation sites (N-methyl/N-ethyl adjacent to an activating group) is 2. The van der Waals surface area contributed by atoms with E-state index in [0.717, 1.165) is 0 Å². The maximum Gasteiger partial charge on any atom is 0.239 e. The van der Waals surface area contributed by atoms with Crippen LogP contribution in [0.4, 0.5) is 15.8 Å². The molecule has 0 spiro atoms. The van der Waals surface area contributed by atoms with Gasteiger partial charge >= 0.3 is 0 Å². The van der Waals surface area contributed by atoms with Gasteiger partial charge in [0.2, 0.25) is 5.91 Å². The third-order valence-electron chi connectivity index (χ3n) is 2.50. The van der Waals surface area contributed by atoms with E-state index in [0.29, 0.717) is 28.0 Å². The normalized spacial score (nSPS) is 10.2. The number of hydrogen-bond acceptors (Lipinski definition) is 3. The zero-order valence-electron chi connectivity index (χ0n) is 10.5. The van der Waals surface area contributed by atoms with Crippen LogP contribution in [-0.2, 0) is 4.79 Å². The van der Waals surface area contributed by atoms with E-state index in [1.54, 1.807) is 11.0 Å². The number of carbonyl (C=O) groups excluding carboxylic acids is 1. The van der Waals surface area contributed by atoms with Gasteiger partial charge < -0.3 is 16.0 Å². The van der Waals surface area contributed by atoms with E-state index in [9.17, 15) is 9.18 Å². The molecule has 0 saturated heterocycles. The summed E-state index contributed by atoms with van der Waals surface area (Å²) in [7, 11) is 0. The Morgan fingerprint density at radius 1 is 1.50 bits per heavy atom. The van der Waals surface area contributed by atoms with E-state index in [1.165, 1.54) is 6.07 Å². The van der Waals surface area contributed by atoms with Crippen LogP contribution < -0.4 is 16.0 Å². The van der Waals surface area contributed by atoms with Gasteiger partial charge in [-0.25, -0.2) is 4.39 Å². The Labute approximate surface area is 120 Å². The fourth-order valence-corrected chi connectivity index (χ4v) is 2.11. The van der Waals surface area contributed by atoms with Gasteiger partial charge in [-0.2, -0.15) is 0 Å². The number of anilines is 2. The summed E-state index contributed by atoms with van der Waals surface area (Å²) < 4.78 is 14.0. The topological polar surface area (TPSA) is 58.4 Å².